The molecular formula is C24H42NO2+. The molecule has 0 aliphatic heterocycles. The summed E-state index contributed by atoms with van der Waals surface area (Å²) in [6.45, 7) is 16.9. The zero-order valence-corrected chi connectivity index (χ0v) is 19.1. The van der Waals surface area contributed by atoms with Crippen LogP contribution in [0.5, 0.6) is 5.75 Å². The van der Waals surface area contributed by atoms with Crippen molar-refractivity contribution >= 4 is 6.21 Å². The smallest absolute Gasteiger partial charge is 0.223 e. The Morgan fingerprint density at radius 1 is 0.926 bits per heavy atom. The van der Waals surface area contributed by atoms with E-state index in [1.54, 1.807) is 7.11 Å². The Balaban J connectivity index is 0.00000176. The number of rotatable bonds is 3. The minimum atomic E-state index is -0.114. The summed E-state index contributed by atoms with van der Waals surface area (Å²) in [6, 6.07) is 4.67. The van der Waals surface area contributed by atoms with E-state index in [1.807, 2.05) is 18.6 Å². The lowest BCUT2D eigenvalue weighted by atomic mass is 9.78. The fourth-order valence-corrected chi connectivity index (χ4v) is 3.66. The Morgan fingerprint density at radius 3 is 1.74 bits per heavy atom. The predicted octanol–water partition coefficient (Wildman–Crippen LogP) is 6.34. The Labute approximate surface area is 167 Å². The molecule has 0 atom stereocenters. The third-order valence-electron chi connectivity index (χ3n) is 5.17. The highest BCUT2D eigenvalue weighted by molar-refractivity contribution is 5.78. The van der Waals surface area contributed by atoms with Gasteiger partial charge in [0.25, 0.3) is 0 Å². The van der Waals surface area contributed by atoms with Crippen molar-refractivity contribution in [2.75, 3.05) is 7.11 Å². The second-order valence-electron chi connectivity index (χ2n) is 9.43. The van der Waals surface area contributed by atoms with Crippen molar-refractivity contribution in [1.82, 2.24) is 0 Å². The largest absolute Gasteiger partial charge is 0.507 e. The second kappa shape index (κ2) is 9.61. The third kappa shape index (κ3) is 6.26. The minimum absolute atomic E-state index is 0.114. The Kier molecular flexibility index (Phi) is 8.38. The third-order valence-corrected chi connectivity index (χ3v) is 5.17. The lowest BCUT2D eigenvalue weighted by molar-refractivity contribution is -0.802. The number of hydrogen-bond acceptors (Lipinski definition) is 2. The van der Waals surface area contributed by atoms with Crippen LogP contribution in [0.3, 0.4) is 0 Å². The van der Waals surface area contributed by atoms with Crippen molar-refractivity contribution in [1.29, 1.82) is 0 Å². The van der Waals surface area contributed by atoms with E-state index in [9.17, 15) is 5.11 Å². The number of phenols is 1. The van der Waals surface area contributed by atoms with Gasteiger partial charge >= 0.3 is 0 Å². The van der Waals surface area contributed by atoms with Crippen LogP contribution in [0.15, 0.2) is 12.1 Å². The minimum Gasteiger partial charge on any atom is -0.507 e. The van der Waals surface area contributed by atoms with Crippen LogP contribution < -0.4 is 0 Å². The first kappa shape index (κ1) is 23.5. The average molecular weight is 377 g/mol. The van der Waals surface area contributed by atoms with Crippen LogP contribution in [0.25, 0.3) is 0 Å². The van der Waals surface area contributed by atoms with Crippen LogP contribution in [0, 0.1) is 0 Å². The summed E-state index contributed by atoms with van der Waals surface area (Å²) in [7, 11) is 1.75. The van der Waals surface area contributed by atoms with Crippen molar-refractivity contribution < 1.29 is 14.7 Å². The number of hydroxylamine groups is 1. The predicted molar refractivity (Wildman–Crippen MR) is 116 cm³/mol. The molecule has 0 bridgehead atoms. The zero-order valence-electron chi connectivity index (χ0n) is 19.1. The van der Waals surface area contributed by atoms with Gasteiger partial charge in [0.15, 0.2) is 0 Å². The maximum atomic E-state index is 10.9. The van der Waals surface area contributed by atoms with E-state index < -0.39 is 0 Å². The maximum Gasteiger partial charge on any atom is 0.223 e. The zero-order chi connectivity index (χ0) is 20.8. The summed E-state index contributed by atoms with van der Waals surface area (Å²) in [5, 5.41) is 10.9. The van der Waals surface area contributed by atoms with Gasteiger partial charge in [0, 0.05) is 29.5 Å². The van der Waals surface area contributed by atoms with E-state index in [2.05, 4.69) is 59.9 Å². The van der Waals surface area contributed by atoms with Crippen LogP contribution in [-0.2, 0) is 15.7 Å². The summed E-state index contributed by atoms with van der Waals surface area (Å²) in [6.07, 6.45) is 8.35. The molecule has 154 valence electrons. The van der Waals surface area contributed by atoms with Crippen molar-refractivity contribution in [2.45, 2.75) is 104 Å². The molecule has 0 aromatic heterocycles. The Bertz CT molecular complexity index is 592. The van der Waals surface area contributed by atoms with Gasteiger partial charge < -0.3 is 5.11 Å². The molecule has 1 N–H and O–H groups in total. The van der Waals surface area contributed by atoms with Gasteiger partial charge in [-0.15, -0.1) is 0 Å². The molecular weight excluding hydrogens is 334 g/mol. The van der Waals surface area contributed by atoms with Gasteiger partial charge in [-0.05, 0) is 40.5 Å². The quantitative estimate of drug-likeness (QED) is 0.379. The first-order valence-corrected chi connectivity index (χ1v) is 10.6. The fraction of sp³-hybridized carbons (Fsp3) is 0.708. The van der Waals surface area contributed by atoms with E-state index in [-0.39, 0.29) is 10.8 Å². The van der Waals surface area contributed by atoms with Gasteiger partial charge in [-0.2, -0.15) is 0 Å². The summed E-state index contributed by atoms with van der Waals surface area (Å²) in [4.78, 5) is 5.69. The molecule has 0 saturated heterocycles. The Morgan fingerprint density at radius 2 is 1.37 bits per heavy atom. The molecule has 1 saturated carbocycles. The lowest BCUT2D eigenvalue weighted by Gasteiger charge is -2.27. The van der Waals surface area contributed by atoms with Crippen LogP contribution in [-0.4, -0.2) is 29.2 Å². The number of phenolic OH excluding ortho intramolecular Hbond substituents is 1. The molecule has 1 fully saturated rings. The molecule has 1 aliphatic carbocycles. The molecule has 1 aromatic rings. The van der Waals surface area contributed by atoms with E-state index in [4.69, 9.17) is 4.84 Å². The lowest BCUT2D eigenvalue weighted by Crippen LogP contribution is -2.29. The van der Waals surface area contributed by atoms with Gasteiger partial charge in [-0.25, -0.2) is 0 Å². The summed E-state index contributed by atoms with van der Waals surface area (Å²) < 4.78 is 2.02. The van der Waals surface area contributed by atoms with Crippen molar-refractivity contribution in [3.8, 4) is 5.75 Å². The molecule has 0 amide bonds. The first-order chi connectivity index (χ1) is 12.5. The number of hydrogen-bond donors (Lipinski definition) is 1. The number of nitrogens with zero attached hydrogens (tertiary/aromatic N) is 1. The topological polar surface area (TPSA) is 32.5 Å². The fourth-order valence-electron chi connectivity index (χ4n) is 3.66. The van der Waals surface area contributed by atoms with Crippen LogP contribution in [0.2, 0.25) is 0 Å². The van der Waals surface area contributed by atoms with Gasteiger partial charge in [0.1, 0.15) is 12.9 Å². The molecule has 27 heavy (non-hydrogen) atoms. The summed E-state index contributed by atoms with van der Waals surface area (Å²) in [5.41, 5.74) is 2.85. The molecule has 1 aliphatic rings. The van der Waals surface area contributed by atoms with E-state index >= 15 is 0 Å². The Hall–Kier alpha value is -1.51. The normalized spacial score (nSPS) is 16.6. The SMILES string of the molecule is CC.CO/[N+](=C\c1cc(C(C)(C)C)c(O)c(C(C)(C)C)c1)C1CCCCC1. The molecule has 0 heterocycles. The standard InChI is InChI=1S/C22H35NO2.C2H6/c1-21(2,3)18-13-16(14-19(20(18)24)22(4,5)6)15-23(25-7)17-11-9-8-10-12-17;1-2/h13-15,17H,8-12H2,1-7H3;1-2H3/p+1. The molecule has 2 rings (SSSR count). The van der Waals surface area contributed by atoms with E-state index in [0.29, 0.717) is 11.8 Å². The van der Waals surface area contributed by atoms with Crippen LogP contribution in [0.1, 0.15) is 104 Å². The molecule has 1 aromatic carbocycles. The highest BCUT2D eigenvalue weighted by Crippen LogP contribution is 2.39. The van der Waals surface area contributed by atoms with E-state index in [0.717, 1.165) is 16.7 Å². The molecule has 0 unspecified atom stereocenters. The highest BCUT2D eigenvalue weighted by atomic mass is 16.7. The van der Waals surface area contributed by atoms with Crippen LogP contribution in [0.4, 0.5) is 0 Å². The van der Waals surface area contributed by atoms with E-state index in [1.165, 1.54) is 32.1 Å². The van der Waals surface area contributed by atoms with Gasteiger partial charge in [-0.1, -0.05) is 61.8 Å². The first-order valence-electron chi connectivity index (χ1n) is 10.6. The number of benzene rings is 1. The monoisotopic (exact) mass is 376 g/mol. The van der Waals surface area contributed by atoms with Crippen molar-refractivity contribution in [2.24, 2.45) is 0 Å². The summed E-state index contributed by atoms with van der Waals surface area (Å²) >= 11 is 0. The molecule has 0 spiro atoms. The summed E-state index contributed by atoms with van der Waals surface area (Å²) in [5.74, 6) is 0.429. The van der Waals surface area contributed by atoms with Gasteiger partial charge in [0.05, 0.1) is 0 Å². The average Bonchev–Trinajstić information content (AvgIpc) is 2.61. The highest BCUT2D eigenvalue weighted by Gasteiger charge is 2.29. The molecule has 3 nitrogen and oxygen atoms in total. The number of aromatic hydroxyl groups is 1. The van der Waals surface area contributed by atoms with Crippen molar-refractivity contribution in [3.63, 3.8) is 0 Å². The second-order valence-corrected chi connectivity index (χ2v) is 9.43. The molecule has 3 heteroatoms. The molecule has 0 radical (unpaired) electrons. The van der Waals surface area contributed by atoms with Gasteiger partial charge in [-0.3, -0.25) is 4.84 Å². The van der Waals surface area contributed by atoms with Crippen LogP contribution >= 0.6 is 0 Å². The van der Waals surface area contributed by atoms with Crippen molar-refractivity contribution in [3.05, 3.63) is 28.8 Å². The maximum absolute atomic E-state index is 10.9. The van der Waals surface area contributed by atoms with Gasteiger partial charge in [0.2, 0.25) is 12.3 Å².